The van der Waals surface area contributed by atoms with Crippen molar-refractivity contribution >= 4 is 11.7 Å². The van der Waals surface area contributed by atoms with Crippen LogP contribution < -0.4 is 5.32 Å². The van der Waals surface area contributed by atoms with Crippen molar-refractivity contribution in [3.63, 3.8) is 0 Å². The number of nitrogens with zero attached hydrogens (tertiary/aromatic N) is 3. The van der Waals surface area contributed by atoms with Gasteiger partial charge < -0.3 is 5.32 Å². The zero-order valence-corrected chi connectivity index (χ0v) is 8.53. The van der Waals surface area contributed by atoms with Crippen molar-refractivity contribution in [2.45, 2.75) is 19.3 Å². The minimum absolute atomic E-state index is 0.0300. The monoisotopic (exact) mass is 204 g/mol. The Bertz CT molecular complexity index is 425. The zero-order valence-electron chi connectivity index (χ0n) is 8.53. The fraction of sp³-hybridized carbons (Fsp3) is 0.500. The molecule has 5 heteroatoms. The first-order valence-electron chi connectivity index (χ1n) is 4.92. The first-order chi connectivity index (χ1) is 7.20. The predicted octanol–water partition coefficient (Wildman–Crippen LogP) is 1.03. The Morgan fingerprint density at radius 1 is 1.80 bits per heavy atom. The molecule has 78 valence electrons. The van der Waals surface area contributed by atoms with E-state index in [1.54, 1.807) is 7.05 Å². The molecule has 1 N–H and O–H groups in total. The zero-order chi connectivity index (χ0) is 10.8. The summed E-state index contributed by atoms with van der Waals surface area (Å²) in [5.41, 5.74) is 0.404. The third-order valence-electron chi connectivity index (χ3n) is 2.49. The van der Waals surface area contributed by atoms with Crippen molar-refractivity contribution in [2.24, 2.45) is 13.0 Å². The van der Waals surface area contributed by atoms with Gasteiger partial charge in [0.1, 0.15) is 17.5 Å². The smallest absolute Gasteiger partial charge is 0.225 e. The maximum Gasteiger partial charge on any atom is 0.225 e. The summed E-state index contributed by atoms with van der Waals surface area (Å²) < 4.78 is 1.50. The van der Waals surface area contributed by atoms with Crippen LogP contribution in [-0.4, -0.2) is 15.7 Å². The molecule has 5 nitrogen and oxygen atoms in total. The summed E-state index contributed by atoms with van der Waals surface area (Å²) in [5.74, 6) is 1.00. The van der Waals surface area contributed by atoms with Gasteiger partial charge in [0.2, 0.25) is 5.91 Å². The van der Waals surface area contributed by atoms with Crippen molar-refractivity contribution < 1.29 is 4.79 Å². The molecule has 1 aromatic rings. The minimum Gasteiger partial charge on any atom is -0.310 e. The highest BCUT2D eigenvalue weighted by Gasteiger charge is 2.25. The highest BCUT2D eigenvalue weighted by Crippen LogP contribution is 2.32. The Kier molecular flexibility index (Phi) is 2.42. The van der Waals surface area contributed by atoms with Gasteiger partial charge in [0.05, 0.1) is 6.20 Å². The SMILES string of the molecule is Cn1ncc(C#N)c1NC(=O)CC1CC1. The molecule has 0 atom stereocenters. The molecular formula is C10H12N4O. The van der Waals surface area contributed by atoms with Crippen LogP contribution in [0.1, 0.15) is 24.8 Å². The van der Waals surface area contributed by atoms with E-state index in [-0.39, 0.29) is 5.91 Å². The molecule has 0 aromatic carbocycles. The van der Waals surface area contributed by atoms with Crippen LogP contribution >= 0.6 is 0 Å². The molecule has 1 aromatic heterocycles. The molecule has 15 heavy (non-hydrogen) atoms. The van der Waals surface area contributed by atoms with E-state index in [0.29, 0.717) is 23.7 Å². The van der Waals surface area contributed by atoms with Crippen LogP contribution in [0.4, 0.5) is 5.82 Å². The number of aryl methyl sites for hydroxylation is 1. The van der Waals surface area contributed by atoms with Gasteiger partial charge in [0.15, 0.2) is 0 Å². The van der Waals surface area contributed by atoms with Gasteiger partial charge in [-0.25, -0.2) is 0 Å². The summed E-state index contributed by atoms with van der Waals surface area (Å²) in [5, 5.41) is 15.4. The van der Waals surface area contributed by atoms with E-state index < -0.39 is 0 Å². The fourth-order valence-electron chi connectivity index (χ4n) is 1.43. The Balaban J connectivity index is 2.05. The molecule has 0 unspecified atom stereocenters. The number of carbonyl (C=O) groups is 1. The molecule has 1 aliphatic rings. The highest BCUT2D eigenvalue weighted by molar-refractivity contribution is 5.91. The number of carbonyl (C=O) groups excluding carboxylic acids is 1. The van der Waals surface area contributed by atoms with Gasteiger partial charge in [0, 0.05) is 13.5 Å². The van der Waals surface area contributed by atoms with Gasteiger partial charge in [-0.15, -0.1) is 0 Å². The molecule has 0 bridgehead atoms. The summed E-state index contributed by atoms with van der Waals surface area (Å²) >= 11 is 0. The van der Waals surface area contributed by atoms with E-state index in [1.165, 1.54) is 10.9 Å². The summed E-state index contributed by atoms with van der Waals surface area (Å²) in [7, 11) is 1.70. The Morgan fingerprint density at radius 3 is 3.13 bits per heavy atom. The molecule has 0 saturated heterocycles. The molecule has 0 spiro atoms. The number of rotatable bonds is 3. The van der Waals surface area contributed by atoms with Crippen LogP contribution in [0.15, 0.2) is 6.20 Å². The lowest BCUT2D eigenvalue weighted by molar-refractivity contribution is -0.116. The van der Waals surface area contributed by atoms with Crippen molar-refractivity contribution in [3.05, 3.63) is 11.8 Å². The average Bonchev–Trinajstić information content (AvgIpc) is 2.94. The molecule has 1 saturated carbocycles. The minimum atomic E-state index is -0.0300. The average molecular weight is 204 g/mol. The topological polar surface area (TPSA) is 70.7 Å². The maximum absolute atomic E-state index is 11.5. The van der Waals surface area contributed by atoms with Crippen LogP contribution in [0.3, 0.4) is 0 Å². The molecule has 1 amide bonds. The summed E-state index contributed by atoms with van der Waals surface area (Å²) in [6.45, 7) is 0. The lowest BCUT2D eigenvalue weighted by atomic mass is 10.2. The van der Waals surface area contributed by atoms with Gasteiger partial charge in [-0.1, -0.05) is 0 Å². The summed E-state index contributed by atoms with van der Waals surface area (Å²) in [6, 6.07) is 1.99. The van der Waals surface area contributed by atoms with Gasteiger partial charge >= 0.3 is 0 Å². The van der Waals surface area contributed by atoms with Gasteiger partial charge in [-0.3, -0.25) is 9.48 Å². The van der Waals surface area contributed by atoms with Crippen LogP contribution in [-0.2, 0) is 11.8 Å². The Hall–Kier alpha value is -1.83. The number of hydrogen-bond donors (Lipinski definition) is 1. The molecule has 1 heterocycles. The first-order valence-corrected chi connectivity index (χ1v) is 4.92. The van der Waals surface area contributed by atoms with Crippen LogP contribution in [0.5, 0.6) is 0 Å². The van der Waals surface area contributed by atoms with E-state index in [0.717, 1.165) is 12.8 Å². The van der Waals surface area contributed by atoms with Crippen LogP contribution in [0, 0.1) is 17.2 Å². The summed E-state index contributed by atoms with van der Waals surface area (Å²) in [4.78, 5) is 11.5. The van der Waals surface area contributed by atoms with Crippen molar-refractivity contribution in [3.8, 4) is 6.07 Å². The number of anilines is 1. The normalized spacial score (nSPS) is 14.7. The molecule has 0 radical (unpaired) electrons. The maximum atomic E-state index is 11.5. The third kappa shape index (κ3) is 2.15. The number of amides is 1. The molecule has 1 aliphatic carbocycles. The van der Waals surface area contributed by atoms with E-state index in [1.807, 2.05) is 6.07 Å². The molecule has 0 aliphatic heterocycles. The quantitative estimate of drug-likeness (QED) is 0.799. The van der Waals surface area contributed by atoms with E-state index in [9.17, 15) is 4.79 Å². The third-order valence-corrected chi connectivity index (χ3v) is 2.49. The molecular weight excluding hydrogens is 192 g/mol. The fourth-order valence-corrected chi connectivity index (χ4v) is 1.43. The van der Waals surface area contributed by atoms with Gasteiger partial charge in [-0.05, 0) is 18.8 Å². The van der Waals surface area contributed by atoms with Gasteiger partial charge in [0.25, 0.3) is 0 Å². The number of nitrogens with one attached hydrogen (secondary N) is 1. The first kappa shape index (κ1) is 9.71. The van der Waals surface area contributed by atoms with E-state index in [2.05, 4.69) is 10.4 Å². The van der Waals surface area contributed by atoms with Gasteiger partial charge in [-0.2, -0.15) is 10.4 Å². The second-order valence-electron chi connectivity index (χ2n) is 3.84. The Labute approximate surface area is 87.7 Å². The lowest BCUT2D eigenvalue weighted by Crippen LogP contribution is -2.15. The number of nitriles is 1. The standard InChI is InChI=1S/C10H12N4O/c1-14-10(8(5-11)6-12-14)13-9(15)4-7-2-3-7/h6-7H,2-4H2,1H3,(H,13,15). The molecule has 1 fully saturated rings. The summed E-state index contributed by atoms with van der Waals surface area (Å²) in [6.07, 6.45) is 4.29. The van der Waals surface area contributed by atoms with Crippen LogP contribution in [0.2, 0.25) is 0 Å². The number of aromatic nitrogens is 2. The lowest BCUT2D eigenvalue weighted by Gasteiger charge is -2.04. The number of hydrogen-bond acceptors (Lipinski definition) is 3. The molecule has 2 rings (SSSR count). The van der Waals surface area contributed by atoms with Crippen molar-refractivity contribution in [2.75, 3.05) is 5.32 Å². The van der Waals surface area contributed by atoms with Crippen molar-refractivity contribution in [1.29, 1.82) is 5.26 Å². The second-order valence-corrected chi connectivity index (χ2v) is 3.84. The van der Waals surface area contributed by atoms with Crippen LogP contribution in [0.25, 0.3) is 0 Å². The highest BCUT2D eigenvalue weighted by atomic mass is 16.1. The second kappa shape index (κ2) is 3.73. The van der Waals surface area contributed by atoms with Crippen molar-refractivity contribution in [1.82, 2.24) is 9.78 Å². The van der Waals surface area contributed by atoms with E-state index >= 15 is 0 Å². The predicted molar refractivity (Wildman–Crippen MR) is 53.9 cm³/mol. The van der Waals surface area contributed by atoms with E-state index in [4.69, 9.17) is 5.26 Å². The Morgan fingerprint density at radius 2 is 2.53 bits per heavy atom. The largest absolute Gasteiger partial charge is 0.310 e.